The molecule has 1 rings (SSSR count). The van der Waals surface area contributed by atoms with E-state index in [1.165, 1.54) is 0 Å². The van der Waals surface area contributed by atoms with Crippen LogP contribution in [0.2, 0.25) is 0 Å². The molecule has 4 nitrogen and oxygen atoms in total. The number of aliphatic hydroxyl groups is 2. The quantitative estimate of drug-likeness (QED) is 0.658. The van der Waals surface area contributed by atoms with Crippen molar-refractivity contribution < 1.29 is 10.2 Å². The van der Waals surface area contributed by atoms with Crippen molar-refractivity contribution in [1.29, 1.82) is 0 Å². The fourth-order valence-electron chi connectivity index (χ4n) is 1.16. The molecule has 1 heterocycles. The Balaban J connectivity index is 2.48. The molecular formula is C9H16N2O2S. The maximum Gasteiger partial charge on any atom is 0.0900 e. The second kappa shape index (κ2) is 5.41. The number of nitrogens with zero attached hydrogens (tertiary/aromatic N) is 1. The molecule has 14 heavy (non-hydrogen) atoms. The number of hydrogen-bond donors (Lipinski definition) is 3. The fourth-order valence-corrected chi connectivity index (χ4v) is 2.05. The number of thiazole rings is 1. The summed E-state index contributed by atoms with van der Waals surface area (Å²) in [7, 11) is 0. The molecule has 0 radical (unpaired) electrons. The van der Waals surface area contributed by atoms with Crippen LogP contribution in [0.5, 0.6) is 0 Å². The lowest BCUT2D eigenvalue weighted by molar-refractivity contribution is 0.170. The zero-order valence-corrected chi connectivity index (χ0v) is 9.27. The van der Waals surface area contributed by atoms with Gasteiger partial charge >= 0.3 is 0 Å². The van der Waals surface area contributed by atoms with E-state index in [4.69, 9.17) is 10.2 Å². The normalized spacial score (nSPS) is 11.2. The van der Waals surface area contributed by atoms with E-state index < -0.39 is 0 Å². The lowest BCUT2D eigenvalue weighted by Crippen LogP contribution is -2.35. The summed E-state index contributed by atoms with van der Waals surface area (Å²) in [6.45, 7) is 4.49. The Labute approximate surface area is 87.6 Å². The van der Waals surface area contributed by atoms with Crippen molar-refractivity contribution >= 4 is 11.3 Å². The van der Waals surface area contributed by atoms with E-state index in [0.717, 1.165) is 15.6 Å². The molecule has 1 aromatic rings. The molecule has 80 valence electrons. The zero-order chi connectivity index (χ0) is 10.6. The Kier molecular flexibility index (Phi) is 4.47. The summed E-state index contributed by atoms with van der Waals surface area (Å²) in [6.07, 6.45) is 0. The minimum absolute atomic E-state index is 0.0483. The Morgan fingerprint density at radius 1 is 1.36 bits per heavy atom. The van der Waals surface area contributed by atoms with E-state index in [2.05, 4.69) is 10.3 Å². The molecule has 0 fully saturated rings. The fraction of sp³-hybridized carbons (Fsp3) is 0.667. The molecule has 0 spiro atoms. The second-order valence-electron chi connectivity index (χ2n) is 3.18. The second-order valence-corrected chi connectivity index (χ2v) is 4.47. The first-order valence-electron chi connectivity index (χ1n) is 4.55. The molecule has 0 aliphatic rings. The van der Waals surface area contributed by atoms with Crippen LogP contribution in [-0.4, -0.2) is 34.5 Å². The van der Waals surface area contributed by atoms with Crippen LogP contribution < -0.4 is 5.32 Å². The van der Waals surface area contributed by atoms with Gasteiger partial charge in [0.2, 0.25) is 0 Å². The molecule has 0 saturated heterocycles. The lowest BCUT2D eigenvalue weighted by atomic mass is 10.3. The Bertz CT molecular complexity index is 284. The van der Waals surface area contributed by atoms with Crippen LogP contribution in [0.3, 0.4) is 0 Å². The first kappa shape index (κ1) is 11.6. The molecule has 3 N–H and O–H groups in total. The Morgan fingerprint density at radius 2 is 2.00 bits per heavy atom. The molecule has 1 aromatic heterocycles. The SMILES string of the molecule is Cc1nc(C)c(CNC(CO)CO)s1. The highest BCUT2D eigenvalue weighted by atomic mass is 32.1. The van der Waals surface area contributed by atoms with Crippen molar-refractivity contribution in [3.05, 3.63) is 15.6 Å². The number of aryl methyl sites for hydroxylation is 2. The third-order valence-electron chi connectivity index (χ3n) is 1.99. The molecule has 5 heteroatoms. The average molecular weight is 216 g/mol. The first-order valence-corrected chi connectivity index (χ1v) is 5.37. The molecule has 0 aliphatic carbocycles. The average Bonchev–Trinajstić information content (AvgIpc) is 2.47. The predicted octanol–water partition coefficient (Wildman–Crippen LogP) is 0.203. The first-order chi connectivity index (χ1) is 6.67. The highest BCUT2D eigenvalue weighted by Gasteiger charge is 2.08. The lowest BCUT2D eigenvalue weighted by Gasteiger charge is -2.12. The van der Waals surface area contributed by atoms with Crippen LogP contribution in [0.15, 0.2) is 0 Å². The monoisotopic (exact) mass is 216 g/mol. The van der Waals surface area contributed by atoms with Crippen molar-refractivity contribution in [1.82, 2.24) is 10.3 Å². The standard InChI is InChI=1S/C9H16N2O2S/c1-6-9(14-7(2)11-6)3-10-8(4-12)5-13/h8,10,12-13H,3-5H2,1-2H3. The topological polar surface area (TPSA) is 65.4 Å². The minimum atomic E-state index is -0.239. The maximum absolute atomic E-state index is 8.84. The zero-order valence-electron chi connectivity index (χ0n) is 8.45. The minimum Gasteiger partial charge on any atom is -0.395 e. The largest absolute Gasteiger partial charge is 0.395 e. The van der Waals surface area contributed by atoms with Gasteiger partial charge in [-0.05, 0) is 13.8 Å². The molecular weight excluding hydrogens is 200 g/mol. The summed E-state index contributed by atoms with van der Waals surface area (Å²) in [5.41, 5.74) is 1.02. The van der Waals surface area contributed by atoms with Crippen LogP contribution in [0.4, 0.5) is 0 Å². The number of rotatable bonds is 5. The number of hydrogen-bond acceptors (Lipinski definition) is 5. The third kappa shape index (κ3) is 3.02. The van der Waals surface area contributed by atoms with Gasteiger partial charge in [0, 0.05) is 11.4 Å². The maximum atomic E-state index is 8.84. The number of nitrogens with one attached hydrogen (secondary N) is 1. The van der Waals surface area contributed by atoms with Gasteiger partial charge in [0.05, 0.1) is 30.0 Å². The van der Waals surface area contributed by atoms with Gasteiger partial charge in [-0.3, -0.25) is 0 Å². The molecule has 0 aromatic carbocycles. The Morgan fingerprint density at radius 3 is 2.43 bits per heavy atom. The van der Waals surface area contributed by atoms with Crippen LogP contribution in [0.25, 0.3) is 0 Å². The van der Waals surface area contributed by atoms with Crippen LogP contribution >= 0.6 is 11.3 Å². The summed E-state index contributed by atoms with van der Waals surface area (Å²) in [4.78, 5) is 5.46. The smallest absolute Gasteiger partial charge is 0.0900 e. The van der Waals surface area contributed by atoms with Crippen molar-refractivity contribution in [2.24, 2.45) is 0 Å². The molecule has 0 aliphatic heterocycles. The molecule has 0 unspecified atom stereocenters. The molecule has 0 bridgehead atoms. The van der Waals surface area contributed by atoms with E-state index in [9.17, 15) is 0 Å². The van der Waals surface area contributed by atoms with E-state index in [-0.39, 0.29) is 19.3 Å². The van der Waals surface area contributed by atoms with E-state index in [1.807, 2.05) is 13.8 Å². The van der Waals surface area contributed by atoms with Gasteiger partial charge in [-0.2, -0.15) is 0 Å². The van der Waals surface area contributed by atoms with Crippen LogP contribution in [-0.2, 0) is 6.54 Å². The van der Waals surface area contributed by atoms with E-state index in [1.54, 1.807) is 11.3 Å². The van der Waals surface area contributed by atoms with E-state index >= 15 is 0 Å². The highest BCUT2D eigenvalue weighted by molar-refractivity contribution is 7.11. The molecule has 0 saturated carbocycles. The number of aromatic nitrogens is 1. The van der Waals surface area contributed by atoms with E-state index in [0.29, 0.717) is 6.54 Å². The molecule has 0 atom stereocenters. The van der Waals surface area contributed by atoms with Crippen molar-refractivity contribution in [3.8, 4) is 0 Å². The number of aliphatic hydroxyl groups excluding tert-OH is 2. The third-order valence-corrected chi connectivity index (χ3v) is 3.06. The van der Waals surface area contributed by atoms with Crippen molar-refractivity contribution in [3.63, 3.8) is 0 Å². The van der Waals surface area contributed by atoms with Gasteiger partial charge in [0.15, 0.2) is 0 Å². The summed E-state index contributed by atoms with van der Waals surface area (Å²) in [5.74, 6) is 0. The summed E-state index contributed by atoms with van der Waals surface area (Å²) < 4.78 is 0. The predicted molar refractivity (Wildman–Crippen MR) is 56.4 cm³/mol. The molecule has 0 amide bonds. The van der Waals surface area contributed by atoms with Gasteiger partial charge in [-0.1, -0.05) is 0 Å². The van der Waals surface area contributed by atoms with Gasteiger partial charge in [0.1, 0.15) is 0 Å². The summed E-state index contributed by atoms with van der Waals surface area (Å²) in [5, 5.41) is 21.8. The van der Waals surface area contributed by atoms with Gasteiger partial charge in [-0.15, -0.1) is 11.3 Å². The summed E-state index contributed by atoms with van der Waals surface area (Å²) in [6, 6.07) is -0.239. The Hall–Kier alpha value is -0.490. The van der Waals surface area contributed by atoms with Crippen molar-refractivity contribution in [2.75, 3.05) is 13.2 Å². The van der Waals surface area contributed by atoms with Gasteiger partial charge in [-0.25, -0.2) is 4.98 Å². The van der Waals surface area contributed by atoms with Crippen LogP contribution in [0.1, 0.15) is 15.6 Å². The van der Waals surface area contributed by atoms with Crippen LogP contribution in [0, 0.1) is 13.8 Å². The highest BCUT2D eigenvalue weighted by Crippen LogP contribution is 2.16. The summed E-state index contributed by atoms with van der Waals surface area (Å²) >= 11 is 1.64. The van der Waals surface area contributed by atoms with Gasteiger partial charge < -0.3 is 15.5 Å². The van der Waals surface area contributed by atoms with Crippen molar-refractivity contribution in [2.45, 2.75) is 26.4 Å². The van der Waals surface area contributed by atoms with Gasteiger partial charge in [0.25, 0.3) is 0 Å².